The zero-order valence-electron chi connectivity index (χ0n) is 13.7. The maximum absolute atomic E-state index is 12.5. The highest BCUT2D eigenvalue weighted by Gasteiger charge is 2.49. The minimum Gasteiger partial charge on any atom is -0.501 e. The first-order chi connectivity index (χ1) is 13.9. The molecule has 0 atom stereocenters. The first-order valence-corrected chi connectivity index (χ1v) is 6.60. The number of rotatable bonds is 5. The van der Waals surface area contributed by atoms with E-state index in [0.29, 0.717) is 0 Å². The van der Waals surface area contributed by atoms with Crippen molar-refractivity contribution in [2.24, 2.45) is 0 Å². The number of alkyl halides is 15. The molecular weight excluding hydrogens is 513 g/mol. The van der Waals surface area contributed by atoms with Gasteiger partial charge >= 0.3 is 31.8 Å². The zero-order valence-corrected chi connectivity index (χ0v) is 13.7. The fraction of sp³-hybridized carbons (Fsp3) is 0.455. The minimum absolute atomic E-state index is 2.67. The van der Waals surface area contributed by atoms with Crippen LogP contribution in [0.25, 0.3) is 0 Å². The van der Waals surface area contributed by atoms with Gasteiger partial charge in [-0.3, -0.25) is 0 Å². The van der Waals surface area contributed by atoms with E-state index in [0.717, 1.165) is 0 Å². The standard InChI is InChI=1S/C11HF15O6/c12-7(13,14)28-2-1(27)3(29-8(15,16)17)5(31-10(21,22)23)6(32-11(24,25)26)4(2)30-9(18,19)20/h27H. The molecule has 0 aromatic heterocycles. The number of halogens is 15. The van der Waals surface area contributed by atoms with Crippen LogP contribution in [-0.4, -0.2) is 36.9 Å². The molecule has 0 fully saturated rings. The van der Waals surface area contributed by atoms with E-state index in [4.69, 9.17) is 0 Å². The number of phenols is 1. The topological polar surface area (TPSA) is 66.4 Å². The number of benzene rings is 1. The van der Waals surface area contributed by atoms with Crippen LogP contribution in [0.2, 0.25) is 0 Å². The Morgan fingerprint density at radius 3 is 0.688 bits per heavy atom. The number of phenolic OH excluding ortho intramolecular Hbond substituents is 1. The summed E-state index contributed by atoms with van der Waals surface area (Å²) in [6, 6.07) is 0. The third-order valence-electron chi connectivity index (χ3n) is 2.34. The van der Waals surface area contributed by atoms with Gasteiger partial charge in [-0.15, -0.1) is 65.9 Å². The highest BCUT2D eigenvalue weighted by Crippen LogP contribution is 2.61. The quantitative estimate of drug-likeness (QED) is 0.495. The van der Waals surface area contributed by atoms with Crippen LogP contribution < -0.4 is 23.7 Å². The van der Waals surface area contributed by atoms with E-state index >= 15 is 0 Å². The predicted octanol–water partition coefficient (Wildman–Crippen LogP) is 5.89. The highest BCUT2D eigenvalue weighted by molar-refractivity contribution is 5.73. The van der Waals surface area contributed by atoms with Crippen molar-refractivity contribution < 1.29 is 94.6 Å². The van der Waals surface area contributed by atoms with Crippen LogP contribution in [-0.2, 0) is 0 Å². The average molecular weight is 514 g/mol. The molecular formula is C11HF15O6. The predicted molar refractivity (Wildman–Crippen MR) is 61.5 cm³/mol. The molecule has 0 saturated carbocycles. The molecule has 0 heterocycles. The molecule has 0 aliphatic heterocycles. The van der Waals surface area contributed by atoms with Gasteiger partial charge in [-0.2, -0.15) is 0 Å². The van der Waals surface area contributed by atoms with Crippen LogP contribution in [0.5, 0.6) is 34.5 Å². The SMILES string of the molecule is Oc1c(OC(F)(F)F)c(OC(F)(F)F)c(OC(F)(F)F)c(OC(F)(F)F)c1OC(F)(F)F. The second-order valence-corrected chi connectivity index (χ2v) is 4.73. The maximum atomic E-state index is 12.5. The summed E-state index contributed by atoms with van der Waals surface area (Å²) in [7, 11) is 0. The van der Waals surface area contributed by atoms with E-state index in [2.05, 4.69) is 23.7 Å². The van der Waals surface area contributed by atoms with Crippen LogP contribution >= 0.6 is 0 Å². The van der Waals surface area contributed by atoms with Crippen LogP contribution in [0.4, 0.5) is 65.9 Å². The van der Waals surface area contributed by atoms with Crippen LogP contribution in [0.3, 0.4) is 0 Å². The van der Waals surface area contributed by atoms with Gasteiger partial charge in [0.2, 0.25) is 34.5 Å². The maximum Gasteiger partial charge on any atom is 0.573 e. The van der Waals surface area contributed by atoms with Crippen molar-refractivity contribution in [2.45, 2.75) is 31.8 Å². The number of aromatic hydroxyl groups is 1. The van der Waals surface area contributed by atoms with Crippen molar-refractivity contribution in [1.82, 2.24) is 0 Å². The van der Waals surface area contributed by atoms with Gasteiger partial charge in [0, 0.05) is 0 Å². The molecule has 0 unspecified atom stereocenters. The Morgan fingerprint density at radius 1 is 0.344 bits per heavy atom. The third kappa shape index (κ3) is 8.61. The third-order valence-corrected chi connectivity index (χ3v) is 2.34. The van der Waals surface area contributed by atoms with Crippen LogP contribution in [0.1, 0.15) is 0 Å². The first-order valence-electron chi connectivity index (χ1n) is 6.60. The van der Waals surface area contributed by atoms with Gasteiger partial charge in [-0.25, -0.2) is 0 Å². The van der Waals surface area contributed by atoms with E-state index < -0.39 is 66.3 Å². The minimum atomic E-state index is -6.38. The van der Waals surface area contributed by atoms with E-state index in [1.165, 1.54) is 0 Å². The monoisotopic (exact) mass is 514 g/mol. The van der Waals surface area contributed by atoms with Crippen LogP contribution in [0, 0.1) is 0 Å². The van der Waals surface area contributed by atoms with E-state index in [9.17, 15) is 71.0 Å². The number of ether oxygens (including phenoxy) is 5. The molecule has 0 amide bonds. The summed E-state index contributed by atoms with van der Waals surface area (Å²) < 4.78 is 201. The molecule has 32 heavy (non-hydrogen) atoms. The summed E-state index contributed by atoms with van der Waals surface area (Å²) in [5, 5.41) is 9.41. The van der Waals surface area contributed by atoms with Crippen molar-refractivity contribution >= 4 is 0 Å². The van der Waals surface area contributed by atoms with Gasteiger partial charge in [0.05, 0.1) is 0 Å². The summed E-state index contributed by atoms with van der Waals surface area (Å²) in [5.74, 6) is -18.6. The lowest BCUT2D eigenvalue weighted by atomic mass is 10.2. The Balaban J connectivity index is 4.17. The van der Waals surface area contributed by atoms with Crippen molar-refractivity contribution in [3.8, 4) is 34.5 Å². The summed E-state index contributed by atoms with van der Waals surface area (Å²) >= 11 is 0. The Bertz CT molecular complexity index is 759. The fourth-order valence-electron chi connectivity index (χ4n) is 1.67. The first kappa shape index (κ1) is 27.0. The van der Waals surface area contributed by atoms with Gasteiger partial charge in [-0.05, 0) is 0 Å². The molecule has 0 saturated heterocycles. The zero-order chi connectivity index (χ0) is 25.5. The number of hydrogen-bond acceptors (Lipinski definition) is 6. The lowest BCUT2D eigenvalue weighted by Crippen LogP contribution is -2.27. The Kier molecular flexibility index (Phi) is 6.88. The summed E-state index contributed by atoms with van der Waals surface area (Å²) in [6.45, 7) is 0. The molecule has 21 heteroatoms. The summed E-state index contributed by atoms with van der Waals surface area (Å²) in [5.41, 5.74) is 0. The van der Waals surface area contributed by atoms with Crippen molar-refractivity contribution in [3.63, 3.8) is 0 Å². The van der Waals surface area contributed by atoms with Crippen molar-refractivity contribution in [2.75, 3.05) is 0 Å². The molecule has 0 aliphatic rings. The van der Waals surface area contributed by atoms with Crippen molar-refractivity contribution in [1.29, 1.82) is 0 Å². The summed E-state index contributed by atoms with van der Waals surface area (Å²) in [6.07, 6.45) is -31.6. The van der Waals surface area contributed by atoms with E-state index in [1.807, 2.05) is 0 Å². The average Bonchev–Trinajstić information content (AvgIpc) is 2.45. The smallest absolute Gasteiger partial charge is 0.501 e. The van der Waals surface area contributed by atoms with Crippen molar-refractivity contribution in [3.05, 3.63) is 0 Å². The largest absolute Gasteiger partial charge is 0.573 e. The fourth-order valence-corrected chi connectivity index (χ4v) is 1.67. The normalized spacial score (nSPS) is 13.6. The lowest BCUT2D eigenvalue weighted by Gasteiger charge is -2.25. The second kappa shape index (κ2) is 8.15. The summed E-state index contributed by atoms with van der Waals surface area (Å²) in [4.78, 5) is 0. The molecule has 186 valence electrons. The van der Waals surface area contributed by atoms with Gasteiger partial charge in [0.15, 0.2) is 0 Å². The van der Waals surface area contributed by atoms with Gasteiger partial charge in [-0.1, -0.05) is 0 Å². The Morgan fingerprint density at radius 2 is 0.500 bits per heavy atom. The Hall–Kier alpha value is -3.03. The molecule has 0 radical (unpaired) electrons. The highest BCUT2D eigenvalue weighted by atomic mass is 19.4. The van der Waals surface area contributed by atoms with Gasteiger partial charge in [0.1, 0.15) is 0 Å². The lowest BCUT2D eigenvalue weighted by molar-refractivity contribution is -0.300. The molecule has 0 spiro atoms. The van der Waals surface area contributed by atoms with Gasteiger partial charge < -0.3 is 28.8 Å². The van der Waals surface area contributed by atoms with E-state index in [-0.39, 0.29) is 0 Å². The van der Waals surface area contributed by atoms with E-state index in [1.54, 1.807) is 0 Å². The molecule has 0 bridgehead atoms. The second-order valence-electron chi connectivity index (χ2n) is 4.73. The van der Waals surface area contributed by atoms with Crippen LogP contribution in [0.15, 0.2) is 0 Å². The molecule has 6 nitrogen and oxygen atoms in total. The number of hydrogen-bond donors (Lipinski definition) is 1. The molecule has 1 aromatic rings. The molecule has 0 aliphatic carbocycles. The van der Waals surface area contributed by atoms with Gasteiger partial charge in [0.25, 0.3) is 0 Å². The Labute approximate surface area is 162 Å². The molecule has 1 N–H and O–H groups in total. The molecule has 1 rings (SSSR count). The molecule has 1 aromatic carbocycles.